The highest BCUT2D eigenvalue weighted by Gasteiger charge is 2.43. The van der Waals surface area contributed by atoms with Gasteiger partial charge in [-0.05, 0) is 48.9 Å². The van der Waals surface area contributed by atoms with Gasteiger partial charge < -0.3 is 15.1 Å². The summed E-state index contributed by atoms with van der Waals surface area (Å²) in [6, 6.07) is 7.05. The van der Waals surface area contributed by atoms with Crippen molar-refractivity contribution >= 4 is 17.5 Å². The molecule has 0 spiro atoms. The molecule has 2 atom stereocenters. The zero-order valence-corrected chi connectivity index (χ0v) is 19.3. The van der Waals surface area contributed by atoms with Crippen LogP contribution in [0.3, 0.4) is 0 Å². The number of halogens is 3. The lowest BCUT2D eigenvalue weighted by molar-refractivity contribution is -0.137. The Morgan fingerprint density at radius 3 is 2.57 bits per heavy atom. The van der Waals surface area contributed by atoms with Gasteiger partial charge in [-0.2, -0.15) is 23.5 Å². The van der Waals surface area contributed by atoms with E-state index in [1.54, 1.807) is 46.1 Å². The van der Waals surface area contributed by atoms with Crippen molar-refractivity contribution in [3.05, 3.63) is 47.8 Å². The normalized spacial score (nSPS) is 21.1. The summed E-state index contributed by atoms with van der Waals surface area (Å²) in [6.45, 7) is 2.04. The molecule has 0 radical (unpaired) electrons. The zero-order chi connectivity index (χ0) is 25.2. The standard InChI is InChI=1S/C24H27F3N6O2/c1-29-23(35)20-14-32(18-4-3-17(12-28)21(11-18)24(25,26)27)13-19(20)16-5-9-31(10-6-16)22(34)15-33-8-2-7-30-33/h2-4,7-8,11,16,19-20H,5-6,9-10,13-15H2,1H3,(H,29,35)/t19-,20+/m0/s1. The van der Waals surface area contributed by atoms with E-state index in [2.05, 4.69) is 10.4 Å². The van der Waals surface area contributed by atoms with Gasteiger partial charge in [-0.1, -0.05) is 0 Å². The molecular weight excluding hydrogens is 461 g/mol. The Labute approximate surface area is 201 Å². The number of benzene rings is 1. The molecule has 0 aliphatic carbocycles. The molecule has 2 aliphatic rings. The van der Waals surface area contributed by atoms with Crippen LogP contribution >= 0.6 is 0 Å². The molecule has 186 valence electrons. The molecule has 11 heteroatoms. The maximum absolute atomic E-state index is 13.5. The molecule has 8 nitrogen and oxygen atoms in total. The van der Waals surface area contributed by atoms with E-state index in [4.69, 9.17) is 5.26 Å². The second kappa shape index (κ2) is 9.98. The van der Waals surface area contributed by atoms with Crippen LogP contribution in [0.4, 0.5) is 18.9 Å². The average molecular weight is 489 g/mol. The van der Waals surface area contributed by atoms with Crippen molar-refractivity contribution in [3.8, 4) is 6.07 Å². The Hall–Kier alpha value is -3.55. The van der Waals surface area contributed by atoms with Crippen LogP contribution in [0.5, 0.6) is 0 Å². The number of carbonyl (C=O) groups is 2. The third-order valence-corrected chi connectivity index (χ3v) is 7.10. The fourth-order valence-electron chi connectivity index (χ4n) is 5.25. The Morgan fingerprint density at radius 2 is 1.97 bits per heavy atom. The largest absolute Gasteiger partial charge is 0.417 e. The maximum Gasteiger partial charge on any atom is 0.417 e. The van der Waals surface area contributed by atoms with Gasteiger partial charge in [0.05, 0.1) is 23.1 Å². The van der Waals surface area contributed by atoms with E-state index in [0.717, 1.165) is 18.9 Å². The number of nitrogens with one attached hydrogen (secondary N) is 1. The number of amides is 2. The number of likely N-dealkylation sites (tertiary alicyclic amines) is 1. The van der Waals surface area contributed by atoms with Crippen LogP contribution in [-0.4, -0.2) is 59.7 Å². The van der Waals surface area contributed by atoms with Crippen molar-refractivity contribution in [2.75, 3.05) is 38.1 Å². The first-order chi connectivity index (χ1) is 16.7. The Balaban J connectivity index is 1.47. The zero-order valence-electron chi connectivity index (χ0n) is 19.3. The molecule has 4 rings (SSSR count). The monoisotopic (exact) mass is 488 g/mol. The quantitative estimate of drug-likeness (QED) is 0.698. The number of anilines is 1. The molecule has 35 heavy (non-hydrogen) atoms. The van der Waals surface area contributed by atoms with Crippen molar-refractivity contribution in [3.63, 3.8) is 0 Å². The predicted octanol–water partition coefficient (Wildman–Crippen LogP) is 2.51. The van der Waals surface area contributed by atoms with Crippen molar-refractivity contribution < 1.29 is 22.8 Å². The highest BCUT2D eigenvalue weighted by atomic mass is 19.4. The van der Waals surface area contributed by atoms with E-state index in [1.165, 1.54) is 12.1 Å². The Kier molecular flexibility index (Phi) is 7.00. The van der Waals surface area contributed by atoms with E-state index in [9.17, 15) is 22.8 Å². The molecule has 2 amide bonds. The summed E-state index contributed by atoms with van der Waals surface area (Å²) in [4.78, 5) is 28.9. The van der Waals surface area contributed by atoms with Crippen molar-refractivity contribution in [1.29, 1.82) is 5.26 Å². The first kappa shape index (κ1) is 24.6. The van der Waals surface area contributed by atoms with E-state index in [1.807, 2.05) is 0 Å². The van der Waals surface area contributed by atoms with Gasteiger partial charge >= 0.3 is 6.18 Å². The first-order valence-corrected chi connectivity index (χ1v) is 11.5. The van der Waals surface area contributed by atoms with E-state index in [0.29, 0.717) is 31.9 Å². The van der Waals surface area contributed by atoms with Crippen LogP contribution in [0.1, 0.15) is 24.0 Å². The second-order valence-corrected chi connectivity index (χ2v) is 9.05. The molecule has 2 saturated heterocycles. The van der Waals surface area contributed by atoms with E-state index >= 15 is 0 Å². The van der Waals surface area contributed by atoms with Crippen LogP contribution in [-0.2, 0) is 22.3 Å². The van der Waals surface area contributed by atoms with E-state index in [-0.39, 0.29) is 36.1 Å². The van der Waals surface area contributed by atoms with Gasteiger partial charge in [-0.25, -0.2) is 0 Å². The molecule has 0 saturated carbocycles. The molecule has 0 unspecified atom stereocenters. The summed E-state index contributed by atoms with van der Waals surface area (Å²) >= 11 is 0. The van der Waals surface area contributed by atoms with Crippen molar-refractivity contribution in [1.82, 2.24) is 20.0 Å². The van der Waals surface area contributed by atoms with Gasteiger partial charge in [0.25, 0.3) is 0 Å². The third kappa shape index (κ3) is 5.26. The number of nitrogens with zero attached hydrogens (tertiary/aromatic N) is 5. The molecular formula is C24H27F3N6O2. The summed E-state index contributed by atoms with van der Waals surface area (Å²) < 4.78 is 42.0. The third-order valence-electron chi connectivity index (χ3n) is 7.10. The number of hydrogen-bond donors (Lipinski definition) is 1. The lowest BCUT2D eigenvalue weighted by Crippen LogP contribution is -2.44. The second-order valence-electron chi connectivity index (χ2n) is 9.05. The molecule has 1 aromatic carbocycles. The smallest absolute Gasteiger partial charge is 0.370 e. The first-order valence-electron chi connectivity index (χ1n) is 11.5. The lowest BCUT2D eigenvalue weighted by Gasteiger charge is -2.36. The molecule has 2 aromatic rings. The molecule has 2 aliphatic heterocycles. The summed E-state index contributed by atoms with van der Waals surface area (Å²) in [5.41, 5.74) is -1.05. The Morgan fingerprint density at radius 1 is 1.23 bits per heavy atom. The number of alkyl halides is 3. The summed E-state index contributed by atoms with van der Waals surface area (Å²) in [6.07, 6.45) is 0.154. The number of carbonyl (C=O) groups excluding carboxylic acids is 2. The highest BCUT2D eigenvalue weighted by Crippen LogP contribution is 2.40. The van der Waals surface area contributed by atoms with Crippen LogP contribution in [0, 0.1) is 29.1 Å². The average Bonchev–Trinajstić information content (AvgIpc) is 3.53. The highest BCUT2D eigenvalue weighted by molar-refractivity contribution is 5.80. The summed E-state index contributed by atoms with van der Waals surface area (Å²) in [5.74, 6) is -0.416. The molecule has 3 heterocycles. The SMILES string of the molecule is CNC(=O)[C@@H]1CN(c2ccc(C#N)c(C(F)(F)F)c2)C[C@H]1C1CCN(C(=O)Cn2cccn2)CC1. The Bertz CT molecular complexity index is 1100. The summed E-state index contributed by atoms with van der Waals surface area (Å²) in [7, 11) is 1.56. The number of rotatable bonds is 5. The van der Waals surface area contributed by atoms with Gasteiger partial charge in [0.1, 0.15) is 6.54 Å². The van der Waals surface area contributed by atoms with Crippen molar-refractivity contribution in [2.45, 2.75) is 25.6 Å². The number of piperidine rings is 1. The molecule has 0 bridgehead atoms. The molecule has 2 fully saturated rings. The van der Waals surface area contributed by atoms with Crippen LogP contribution in [0.25, 0.3) is 0 Å². The van der Waals surface area contributed by atoms with E-state index < -0.39 is 17.3 Å². The maximum atomic E-state index is 13.5. The molecule has 1 aromatic heterocycles. The number of hydrogen-bond acceptors (Lipinski definition) is 5. The van der Waals surface area contributed by atoms with Gasteiger partial charge in [0, 0.05) is 51.3 Å². The summed E-state index contributed by atoms with van der Waals surface area (Å²) in [5, 5.41) is 15.8. The van der Waals surface area contributed by atoms with Crippen molar-refractivity contribution in [2.24, 2.45) is 17.8 Å². The van der Waals surface area contributed by atoms with Crippen LogP contribution < -0.4 is 10.2 Å². The fourth-order valence-corrected chi connectivity index (χ4v) is 5.25. The number of nitriles is 1. The minimum Gasteiger partial charge on any atom is -0.370 e. The minimum atomic E-state index is -4.64. The molecule has 1 N–H and O–H groups in total. The van der Waals surface area contributed by atoms with Crippen LogP contribution in [0.2, 0.25) is 0 Å². The minimum absolute atomic E-state index is 0.0136. The fraction of sp³-hybridized carbons (Fsp3) is 0.500. The van der Waals surface area contributed by atoms with Gasteiger partial charge in [0.15, 0.2) is 0 Å². The van der Waals surface area contributed by atoms with Crippen LogP contribution in [0.15, 0.2) is 36.7 Å². The van der Waals surface area contributed by atoms with Gasteiger partial charge in [-0.3, -0.25) is 14.3 Å². The number of aromatic nitrogens is 2. The topological polar surface area (TPSA) is 94.3 Å². The predicted molar refractivity (Wildman–Crippen MR) is 121 cm³/mol. The van der Waals surface area contributed by atoms with Gasteiger partial charge in [-0.15, -0.1) is 0 Å². The van der Waals surface area contributed by atoms with Gasteiger partial charge in [0.2, 0.25) is 11.8 Å². The lowest BCUT2D eigenvalue weighted by atomic mass is 9.78.